The fourth-order valence-corrected chi connectivity index (χ4v) is 1.93. The van der Waals surface area contributed by atoms with Crippen LogP contribution in [0, 0.1) is 0 Å². The lowest BCUT2D eigenvalue weighted by Gasteiger charge is -2.35. The van der Waals surface area contributed by atoms with Crippen molar-refractivity contribution in [1.82, 2.24) is 0 Å². The summed E-state index contributed by atoms with van der Waals surface area (Å²) in [6.07, 6.45) is 2.45. The second-order valence-electron chi connectivity index (χ2n) is 3.87. The van der Waals surface area contributed by atoms with E-state index in [-0.39, 0.29) is 0 Å². The fraction of sp³-hybridized carbons (Fsp3) is 0.455. The molecular formula is C11H15ClN2O. The van der Waals surface area contributed by atoms with Gasteiger partial charge < -0.3 is 15.8 Å². The molecule has 0 saturated heterocycles. The van der Waals surface area contributed by atoms with Crippen molar-refractivity contribution in [3.8, 4) is 0 Å². The Hall–Kier alpha value is -0.930. The summed E-state index contributed by atoms with van der Waals surface area (Å²) in [5.41, 5.74) is 7.39. The summed E-state index contributed by atoms with van der Waals surface area (Å²) in [4.78, 5) is 0. The SMILES string of the molecule is COC1CC(Nc2cccc(Cl)c2N)C1. The lowest BCUT2D eigenvalue weighted by atomic mass is 9.89. The number of ether oxygens (including phenoxy) is 1. The first-order valence-corrected chi connectivity index (χ1v) is 5.42. The highest BCUT2D eigenvalue weighted by atomic mass is 35.5. The van der Waals surface area contributed by atoms with Crippen LogP contribution in [0.25, 0.3) is 0 Å². The molecule has 0 aliphatic heterocycles. The minimum atomic E-state index is 0.392. The Morgan fingerprint density at radius 1 is 1.47 bits per heavy atom. The second-order valence-corrected chi connectivity index (χ2v) is 4.28. The number of nitrogens with two attached hydrogens (primary N) is 1. The van der Waals surface area contributed by atoms with Crippen LogP contribution in [0.4, 0.5) is 11.4 Å². The molecule has 82 valence electrons. The van der Waals surface area contributed by atoms with Crippen LogP contribution >= 0.6 is 11.6 Å². The second kappa shape index (κ2) is 4.29. The zero-order valence-corrected chi connectivity index (χ0v) is 9.42. The molecule has 1 aromatic carbocycles. The van der Waals surface area contributed by atoms with Crippen LogP contribution in [0.5, 0.6) is 0 Å². The summed E-state index contributed by atoms with van der Waals surface area (Å²) in [5, 5.41) is 3.96. The summed E-state index contributed by atoms with van der Waals surface area (Å²) in [5.74, 6) is 0. The van der Waals surface area contributed by atoms with Gasteiger partial charge in [0.25, 0.3) is 0 Å². The standard InChI is InChI=1S/C11H15ClN2O/c1-15-8-5-7(6-8)14-10-4-2-3-9(12)11(10)13/h2-4,7-8,14H,5-6,13H2,1H3. The quantitative estimate of drug-likeness (QED) is 0.779. The molecule has 1 saturated carbocycles. The largest absolute Gasteiger partial charge is 0.396 e. The van der Waals surface area contributed by atoms with Crippen molar-refractivity contribution in [2.75, 3.05) is 18.2 Å². The first-order valence-electron chi connectivity index (χ1n) is 5.04. The zero-order chi connectivity index (χ0) is 10.8. The van der Waals surface area contributed by atoms with Crippen molar-refractivity contribution in [3.05, 3.63) is 23.2 Å². The highest BCUT2D eigenvalue weighted by Gasteiger charge is 2.29. The molecule has 1 aliphatic carbocycles. The first-order chi connectivity index (χ1) is 7.20. The molecule has 3 N–H and O–H groups in total. The van der Waals surface area contributed by atoms with Gasteiger partial charge in [0.15, 0.2) is 0 Å². The molecule has 0 aromatic heterocycles. The third kappa shape index (κ3) is 2.19. The minimum absolute atomic E-state index is 0.392. The molecule has 0 heterocycles. The monoisotopic (exact) mass is 226 g/mol. The smallest absolute Gasteiger partial charge is 0.0739 e. The molecule has 1 aromatic rings. The molecule has 2 rings (SSSR count). The van der Waals surface area contributed by atoms with Gasteiger partial charge in [-0.3, -0.25) is 0 Å². The number of hydrogen-bond acceptors (Lipinski definition) is 3. The maximum absolute atomic E-state index is 5.92. The molecule has 0 unspecified atom stereocenters. The van der Waals surface area contributed by atoms with E-state index in [0.29, 0.717) is 22.9 Å². The van der Waals surface area contributed by atoms with E-state index in [0.717, 1.165) is 18.5 Å². The number of methoxy groups -OCH3 is 1. The Bertz CT molecular complexity index is 350. The van der Waals surface area contributed by atoms with Crippen molar-refractivity contribution in [2.24, 2.45) is 0 Å². The first kappa shape index (κ1) is 10.6. The summed E-state index contributed by atoms with van der Waals surface area (Å²) >= 11 is 5.92. The van der Waals surface area contributed by atoms with Gasteiger partial charge in [0, 0.05) is 13.2 Å². The van der Waals surface area contributed by atoms with E-state index in [4.69, 9.17) is 22.1 Å². The van der Waals surface area contributed by atoms with E-state index >= 15 is 0 Å². The van der Waals surface area contributed by atoms with Crippen LogP contribution in [0.15, 0.2) is 18.2 Å². The van der Waals surface area contributed by atoms with Crippen molar-refractivity contribution in [1.29, 1.82) is 0 Å². The van der Waals surface area contributed by atoms with Gasteiger partial charge in [-0.2, -0.15) is 0 Å². The van der Waals surface area contributed by atoms with Gasteiger partial charge in [-0.1, -0.05) is 17.7 Å². The van der Waals surface area contributed by atoms with Gasteiger partial charge >= 0.3 is 0 Å². The molecular weight excluding hydrogens is 212 g/mol. The van der Waals surface area contributed by atoms with Gasteiger partial charge in [-0.15, -0.1) is 0 Å². The van der Waals surface area contributed by atoms with Crippen LogP contribution < -0.4 is 11.1 Å². The van der Waals surface area contributed by atoms with E-state index in [1.165, 1.54) is 0 Å². The average molecular weight is 227 g/mol. The molecule has 0 atom stereocenters. The molecule has 4 heteroatoms. The van der Waals surface area contributed by atoms with Gasteiger partial charge in [0.05, 0.1) is 22.5 Å². The molecule has 1 fully saturated rings. The predicted molar refractivity (Wildman–Crippen MR) is 63.3 cm³/mol. The molecule has 3 nitrogen and oxygen atoms in total. The van der Waals surface area contributed by atoms with Crippen molar-refractivity contribution in [2.45, 2.75) is 25.0 Å². The van der Waals surface area contributed by atoms with Gasteiger partial charge in [-0.25, -0.2) is 0 Å². The normalized spacial score (nSPS) is 24.7. The molecule has 15 heavy (non-hydrogen) atoms. The molecule has 0 bridgehead atoms. The van der Waals surface area contributed by atoms with Gasteiger partial charge in [-0.05, 0) is 25.0 Å². The maximum atomic E-state index is 5.92. The zero-order valence-electron chi connectivity index (χ0n) is 8.66. The number of para-hydroxylation sites is 1. The number of anilines is 2. The van der Waals surface area contributed by atoms with Crippen molar-refractivity contribution < 1.29 is 4.74 Å². The number of benzene rings is 1. The maximum Gasteiger partial charge on any atom is 0.0739 e. The molecule has 0 radical (unpaired) electrons. The third-order valence-electron chi connectivity index (χ3n) is 2.84. The predicted octanol–water partition coefficient (Wildman–Crippen LogP) is 2.51. The highest BCUT2D eigenvalue weighted by Crippen LogP contribution is 2.31. The number of nitrogens with one attached hydrogen (secondary N) is 1. The van der Waals surface area contributed by atoms with Crippen LogP contribution in [-0.4, -0.2) is 19.3 Å². The van der Waals surface area contributed by atoms with Crippen LogP contribution in [-0.2, 0) is 4.74 Å². The van der Waals surface area contributed by atoms with Crippen LogP contribution in [0.3, 0.4) is 0 Å². The summed E-state index contributed by atoms with van der Waals surface area (Å²) in [6.45, 7) is 0. The van der Waals surface area contributed by atoms with E-state index in [2.05, 4.69) is 5.32 Å². The third-order valence-corrected chi connectivity index (χ3v) is 3.17. The van der Waals surface area contributed by atoms with Crippen LogP contribution in [0.1, 0.15) is 12.8 Å². The molecule has 0 amide bonds. The minimum Gasteiger partial charge on any atom is -0.396 e. The van der Waals surface area contributed by atoms with Gasteiger partial charge in [0.1, 0.15) is 0 Å². The highest BCUT2D eigenvalue weighted by molar-refractivity contribution is 6.33. The van der Waals surface area contributed by atoms with Gasteiger partial charge in [0.2, 0.25) is 0 Å². The Morgan fingerprint density at radius 3 is 2.87 bits per heavy atom. The number of hydrogen-bond donors (Lipinski definition) is 2. The Morgan fingerprint density at radius 2 is 2.20 bits per heavy atom. The lowest BCUT2D eigenvalue weighted by Crippen LogP contribution is -2.40. The average Bonchev–Trinajstić information content (AvgIpc) is 2.17. The summed E-state index contributed by atoms with van der Waals surface area (Å²) in [6, 6.07) is 6.09. The Balaban J connectivity index is 1.97. The van der Waals surface area contributed by atoms with Crippen LogP contribution in [0.2, 0.25) is 5.02 Å². The fourth-order valence-electron chi connectivity index (χ4n) is 1.76. The number of halogens is 1. The van der Waals surface area contributed by atoms with E-state index in [1.807, 2.05) is 12.1 Å². The van der Waals surface area contributed by atoms with Crippen molar-refractivity contribution in [3.63, 3.8) is 0 Å². The molecule has 1 aliphatic rings. The summed E-state index contributed by atoms with van der Waals surface area (Å²) in [7, 11) is 1.74. The van der Waals surface area contributed by atoms with E-state index in [1.54, 1.807) is 13.2 Å². The van der Waals surface area contributed by atoms with Crippen molar-refractivity contribution >= 4 is 23.0 Å². The Labute approximate surface area is 94.6 Å². The summed E-state index contributed by atoms with van der Waals surface area (Å²) < 4.78 is 5.21. The Kier molecular flexibility index (Phi) is 3.03. The number of rotatable bonds is 3. The van der Waals surface area contributed by atoms with E-state index < -0.39 is 0 Å². The number of nitrogen functional groups attached to an aromatic ring is 1. The molecule has 0 spiro atoms. The van der Waals surface area contributed by atoms with E-state index in [9.17, 15) is 0 Å². The topological polar surface area (TPSA) is 47.3 Å². The lowest BCUT2D eigenvalue weighted by molar-refractivity contribution is 0.0329.